The Bertz CT molecular complexity index is 431. The second kappa shape index (κ2) is 4.08. The Morgan fingerprint density at radius 1 is 1.38 bits per heavy atom. The molecule has 2 rings (SSSR count). The molecule has 1 aliphatic heterocycles. The van der Waals surface area contributed by atoms with Crippen LogP contribution < -0.4 is 4.90 Å². The van der Waals surface area contributed by atoms with Gasteiger partial charge in [-0.2, -0.15) is 5.26 Å². The van der Waals surface area contributed by atoms with E-state index in [2.05, 4.69) is 11.1 Å². The van der Waals surface area contributed by atoms with Gasteiger partial charge in [-0.15, -0.1) is 0 Å². The van der Waals surface area contributed by atoms with Crippen LogP contribution >= 0.6 is 0 Å². The molecular formula is C11H13N3O2. The van der Waals surface area contributed by atoms with E-state index in [9.17, 15) is 10.2 Å². The van der Waals surface area contributed by atoms with Crippen LogP contribution in [0.15, 0.2) is 12.1 Å². The lowest BCUT2D eigenvalue weighted by Gasteiger charge is -2.16. The van der Waals surface area contributed by atoms with Crippen LogP contribution in [0.25, 0.3) is 0 Å². The molecule has 0 aromatic carbocycles. The minimum Gasteiger partial charge on any atom is -0.389 e. The van der Waals surface area contributed by atoms with Gasteiger partial charge >= 0.3 is 0 Å². The number of hydrogen-bond donors (Lipinski definition) is 2. The SMILES string of the molecule is Cc1cc(C#N)cc(N2CC(O)C(O)C2)n1. The number of β-amino-alcohol motifs (C(OH)–C–C–N with tert-alkyl or cyclic N) is 2. The third-order valence-electron chi connectivity index (χ3n) is 2.65. The summed E-state index contributed by atoms with van der Waals surface area (Å²) in [5.41, 5.74) is 1.29. The zero-order valence-corrected chi connectivity index (χ0v) is 8.96. The van der Waals surface area contributed by atoms with Gasteiger partial charge in [0, 0.05) is 18.8 Å². The minimum atomic E-state index is -0.743. The van der Waals surface area contributed by atoms with Crippen LogP contribution in [0.1, 0.15) is 11.3 Å². The maximum atomic E-state index is 9.44. The predicted octanol–water partition coefficient (Wildman–Crippen LogP) is -0.197. The lowest BCUT2D eigenvalue weighted by Crippen LogP contribution is -2.22. The topological polar surface area (TPSA) is 80.4 Å². The molecule has 5 heteroatoms. The Morgan fingerprint density at radius 3 is 2.56 bits per heavy atom. The average Bonchev–Trinajstić information content (AvgIpc) is 2.58. The molecule has 0 radical (unpaired) electrons. The zero-order valence-electron chi connectivity index (χ0n) is 8.96. The smallest absolute Gasteiger partial charge is 0.130 e. The van der Waals surface area contributed by atoms with Crippen LogP contribution in [0, 0.1) is 18.3 Å². The monoisotopic (exact) mass is 219 g/mol. The quantitative estimate of drug-likeness (QED) is 0.684. The number of rotatable bonds is 1. The number of aliphatic hydroxyl groups is 2. The third kappa shape index (κ3) is 1.98. The van der Waals surface area contributed by atoms with E-state index >= 15 is 0 Å². The first-order valence-electron chi connectivity index (χ1n) is 5.10. The average molecular weight is 219 g/mol. The van der Waals surface area contributed by atoms with E-state index in [1.54, 1.807) is 17.0 Å². The van der Waals surface area contributed by atoms with Crippen molar-refractivity contribution in [1.29, 1.82) is 5.26 Å². The summed E-state index contributed by atoms with van der Waals surface area (Å²) in [4.78, 5) is 6.07. The number of aliphatic hydroxyl groups excluding tert-OH is 2. The largest absolute Gasteiger partial charge is 0.389 e. The number of hydrogen-bond acceptors (Lipinski definition) is 5. The van der Waals surface area contributed by atoms with E-state index in [1.165, 1.54) is 0 Å². The van der Waals surface area contributed by atoms with Gasteiger partial charge in [0.05, 0.1) is 23.8 Å². The summed E-state index contributed by atoms with van der Waals surface area (Å²) in [6.07, 6.45) is -1.49. The highest BCUT2D eigenvalue weighted by Crippen LogP contribution is 2.20. The molecule has 16 heavy (non-hydrogen) atoms. The van der Waals surface area contributed by atoms with Gasteiger partial charge in [-0.05, 0) is 19.1 Å². The fourth-order valence-corrected chi connectivity index (χ4v) is 1.83. The van der Waals surface area contributed by atoms with Crippen molar-refractivity contribution < 1.29 is 10.2 Å². The summed E-state index contributed by atoms with van der Waals surface area (Å²) < 4.78 is 0. The van der Waals surface area contributed by atoms with Gasteiger partial charge in [0.2, 0.25) is 0 Å². The molecule has 0 bridgehead atoms. The van der Waals surface area contributed by atoms with Crippen LogP contribution in [0.4, 0.5) is 5.82 Å². The molecule has 1 aromatic rings. The van der Waals surface area contributed by atoms with Crippen LogP contribution in [0.5, 0.6) is 0 Å². The first-order valence-corrected chi connectivity index (χ1v) is 5.10. The third-order valence-corrected chi connectivity index (χ3v) is 2.65. The number of aromatic nitrogens is 1. The van der Waals surface area contributed by atoms with Crippen molar-refractivity contribution in [2.45, 2.75) is 19.1 Å². The second-order valence-corrected chi connectivity index (χ2v) is 4.01. The molecule has 2 N–H and O–H groups in total. The first kappa shape index (κ1) is 10.9. The summed E-state index contributed by atoms with van der Waals surface area (Å²) in [6.45, 7) is 2.51. The number of pyridine rings is 1. The number of aryl methyl sites for hydroxylation is 1. The fourth-order valence-electron chi connectivity index (χ4n) is 1.83. The minimum absolute atomic E-state index is 0.350. The highest BCUT2D eigenvalue weighted by molar-refractivity contribution is 5.47. The van der Waals surface area contributed by atoms with Gasteiger partial charge in [0.1, 0.15) is 5.82 Å². The predicted molar refractivity (Wildman–Crippen MR) is 57.9 cm³/mol. The van der Waals surface area contributed by atoms with E-state index in [-0.39, 0.29) is 0 Å². The van der Waals surface area contributed by atoms with Gasteiger partial charge in [-0.3, -0.25) is 0 Å². The van der Waals surface area contributed by atoms with Crippen molar-refractivity contribution in [3.63, 3.8) is 0 Å². The summed E-state index contributed by atoms with van der Waals surface area (Å²) >= 11 is 0. The van der Waals surface area contributed by atoms with Gasteiger partial charge in [0.25, 0.3) is 0 Å². The molecule has 1 fully saturated rings. The Labute approximate surface area is 93.6 Å². The Balaban J connectivity index is 2.28. The van der Waals surface area contributed by atoms with Crippen LogP contribution in [0.3, 0.4) is 0 Å². The normalized spacial score (nSPS) is 24.5. The molecule has 2 unspecified atom stereocenters. The van der Waals surface area contributed by atoms with Crippen molar-refractivity contribution >= 4 is 5.82 Å². The maximum absolute atomic E-state index is 9.44. The van der Waals surface area contributed by atoms with E-state index in [1.807, 2.05) is 6.92 Å². The van der Waals surface area contributed by atoms with Crippen molar-refractivity contribution in [2.75, 3.05) is 18.0 Å². The molecular weight excluding hydrogens is 206 g/mol. The maximum Gasteiger partial charge on any atom is 0.130 e. The van der Waals surface area contributed by atoms with Gasteiger partial charge in [-0.1, -0.05) is 0 Å². The van der Waals surface area contributed by atoms with Gasteiger partial charge in [-0.25, -0.2) is 4.98 Å². The lowest BCUT2D eigenvalue weighted by molar-refractivity contribution is 0.0572. The molecule has 1 saturated heterocycles. The molecule has 2 heterocycles. The van der Waals surface area contributed by atoms with Crippen molar-refractivity contribution in [2.24, 2.45) is 0 Å². The Kier molecular flexibility index (Phi) is 2.77. The summed E-state index contributed by atoms with van der Waals surface area (Å²) in [7, 11) is 0. The summed E-state index contributed by atoms with van der Waals surface area (Å²) in [6, 6.07) is 5.43. The van der Waals surface area contributed by atoms with Gasteiger partial charge in [0.15, 0.2) is 0 Å². The summed E-state index contributed by atoms with van der Waals surface area (Å²) in [5.74, 6) is 0.632. The molecule has 0 aliphatic carbocycles. The van der Waals surface area contributed by atoms with E-state index < -0.39 is 12.2 Å². The highest BCUT2D eigenvalue weighted by atomic mass is 16.3. The number of nitrogens with zero attached hydrogens (tertiary/aromatic N) is 3. The molecule has 84 valence electrons. The van der Waals surface area contributed by atoms with Crippen LogP contribution in [-0.4, -0.2) is 40.5 Å². The molecule has 2 atom stereocenters. The number of anilines is 1. The Hall–Kier alpha value is -1.64. The van der Waals surface area contributed by atoms with E-state index in [0.717, 1.165) is 5.69 Å². The van der Waals surface area contributed by atoms with Crippen molar-refractivity contribution in [3.05, 3.63) is 23.4 Å². The van der Waals surface area contributed by atoms with Crippen LogP contribution in [0.2, 0.25) is 0 Å². The van der Waals surface area contributed by atoms with Gasteiger partial charge < -0.3 is 15.1 Å². The standard InChI is InChI=1S/C11H13N3O2/c1-7-2-8(4-12)3-11(13-7)14-5-9(15)10(16)6-14/h2-3,9-10,15-16H,5-6H2,1H3. The second-order valence-electron chi connectivity index (χ2n) is 4.01. The molecule has 1 aromatic heterocycles. The van der Waals surface area contributed by atoms with E-state index in [4.69, 9.17) is 5.26 Å². The molecule has 0 amide bonds. The van der Waals surface area contributed by atoms with Crippen molar-refractivity contribution in [3.8, 4) is 6.07 Å². The lowest BCUT2D eigenvalue weighted by atomic mass is 10.2. The summed E-state index contributed by atoms with van der Waals surface area (Å²) in [5, 5.41) is 27.7. The molecule has 0 saturated carbocycles. The van der Waals surface area contributed by atoms with E-state index in [0.29, 0.717) is 24.5 Å². The van der Waals surface area contributed by atoms with Crippen molar-refractivity contribution in [1.82, 2.24) is 4.98 Å². The number of nitriles is 1. The first-order chi connectivity index (χ1) is 7.60. The van der Waals surface area contributed by atoms with Crippen LogP contribution in [-0.2, 0) is 0 Å². The fraction of sp³-hybridized carbons (Fsp3) is 0.455. The highest BCUT2D eigenvalue weighted by Gasteiger charge is 2.30. The molecule has 1 aliphatic rings. The molecule has 0 spiro atoms. The Morgan fingerprint density at radius 2 is 2.00 bits per heavy atom. The molecule has 5 nitrogen and oxygen atoms in total. The zero-order chi connectivity index (χ0) is 11.7.